The van der Waals surface area contributed by atoms with Crippen molar-refractivity contribution in [3.8, 4) is 11.6 Å². The van der Waals surface area contributed by atoms with Crippen LogP contribution < -0.4 is 4.74 Å². The number of hydrogen-bond donors (Lipinski definition) is 0. The first-order valence-electron chi connectivity index (χ1n) is 5.45. The minimum absolute atomic E-state index is 0.185. The zero-order valence-electron chi connectivity index (χ0n) is 9.92. The Labute approximate surface area is 123 Å². The molecule has 0 unspecified atom stereocenters. The van der Waals surface area contributed by atoms with Crippen LogP contribution in [0, 0.1) is 0 Å². The molecular formula is C13H8Cl2F3NO. The largest absolute Gasteiger partial charge is 0.439 e. The molecule has 0 aliphatic carbocycles. The maximum atomic E-state index is 12.4. The molecule has 0 spiro atoms. The fraction of sp³-hybridized carbons (Fsp3) is 0.154. The molecule has 0 bridgehead atoms. The van der Waals surface area contributed by atoms with Crippen molar-refractivity contribution in [2.45, 2.75) is 12.1 Å². The highest BCUT2D eigenvalue weighted by molar-refractivity contribution is 6.32. The van der Waals surface area contributed by atoms with Crippen LogP contribution in [-0.2, 0) is 12.1 Å². The van der Waals surface area contributed by atoms with Crippen LogP contribution in [0.25, 0.3) is 0 Å². The first-order chi connectivity index (χ1) is 9.40. The number of halogens is 5. The van der Waals surface area contributed by atoms with Crippen LogP contribution in [-0.4, -0.2) is 4.98 Å². The van der Waals surface area contributed by atoms with Crippen molar-refractivity contribution < 1.29 is 17.9 Å². The summed E-state index contributed by atoms with van der Waals surface area (Å²) in [6.45, 7) is 0. The second-order valence-electron chi connectivity index (χ2n) is 3.87. The molecule has 2 rings (SSSR count). The van der Waals surface area contributed by atoms with Crippen molar-refractivity contribution in [2.75, 3.05) is 0 Å². The summed E-state index contributed by atoms with van der Waals surface area (Å²) in [5.74, 6) is 0.642. The van der Waals surface area contributed by atoms with Crippen LogP contribution in [0.3, 0.4) is 0 Å². The zero-order chi connectivity index (χ0) is 14.8. The van der Waals surface area contributed by atoms with Gasteiger partial charge >= 0.3 is 6.18 Å². The predicted molar refractivity (Wildman–Crippen MR) is 70.3 cm³/mol. The Morgan fingerprint density at radius 3 is 2.35 bits per heavy atom. The lowest BCUT2D eigenvalue weighted by Crippen LogP contribution is -2.04. The van der Waals surface area contributed by atoms with E-state index in [0.29, 0.717) is 10.6 Å². The van der Waals surface area contributed by atoms with E-state index >= 15 is 0 Å². The quantitative estimate of drug-likeness (QED) is 0.717. The number of aromatic nitrogens is 1. The number of alkyl halides is 4. The lowest BCUT2D eigenvalue weighted by molar-refractivity contribution is -0.137. The summed E-state index contributed by atoms with van der Waals surface area (Å²) in [5, 5.41) is 0.403. The highest BCUT2D eigenvalue weighted by Gasteiger charge is 2.30. The molecule has 1 heterocycles. The fourth-order valence-electron chi connectivity index (χ4n) is 1.45. The number of rotatable bonds is 3. The van der Waals surface area contributed by atoms with Gasteiger partial charge in [0.1, 0.15) is 5.75 Å². The van der Waals surface area contributed by atoms with Crippen molar-refractivity contribution in [3.63, 3.8) is 0 Å². The summed E-state index contributed by atoms with van der Waals surface area (Å²) < 4.78 is 42.6. The van der Waals surface area contributed by atoms with E-state index in [2.05, 4.69) is 4.98 Å². The van der Waals surface area contributed by atoms with E-state index in [4.69, 9.17) is 27.9 Å². The minimum Gasteiger partial charge on any atom is -0.439 e. The first kappa shape index (κ1) is 14.9. The van der Waals surface area contributed by atoms with Crippen LogP contribution in [0.1, 0.15) is 11.1 Å². The van der Waals surface area contributed by atoms with Crippen LogP contribution in [0.4, 0.5) is 13.2 Å². The van der Waals surface area contributed by atoms with Crippen molar-refractivity contribution >= 4 is 23.2 Å². The lowest BCUT2D eigenvalue weighted by atomic mass is 10.2. The number of pyridine rings is 1. The minimum atomic E-state index is -4.37. The Morgan fingerprint density at radius 1 is 1.15 bits per heavy atom. The van der Waals surface area contributed by atoms with Crippen LogP contribution in [0.15, 0.2) is 36.5 Å². The molecule has 0 amide bonds. The molecule has 0 N–H and O–H groups in total. The Morgan fingerprint density at radius 2 is 1.80 bits per heavy atom. The van der Waals surface area contributed by atoms with Crippen LogP contribution in [0.5, 0.6) is 11.6 Å². The van der Waals surface area contributed by atoms with Gasteiger partial charge in [-0.15, -0.1) is 11.6 Å². The third kappa shape index (κ3) is 3.55. The van der Waals surface area contributed by atoms with Gasteiger partial charge in [0.25, 0.3) is 0 Å². The number of hydrogen-bond acceptors (Lipinski definition) is 2. The Bertz CT molecular complexity index is 600. The average Bonchev–Trinajstić information content (AvgIpc) is 2.40. The molecule has 0 radical (unpaired) electrons. The molecule has 20 heavy (non-hydrogen) atoms. The molecule has 0 saturated heterocycles. The van der Waals surface area contributed by atoms with Crippen molar-refractivity contribution in [2.24, 2.45) is 0 Å². The third-order valence-corrected chi connectivity index (χ3v) is 3.09. The van der Waals surface area contributed by atoms with Crippen molar-refractivity contribution in [1.29, 1.82) is 0 Å². The van der Waals surface area contributed by atoms with Gasteiger partial charge < -0.3 is 4.74 Å². The zero-order valence-corrected chi connectivity index (χ0v) is 11.4. The predicted octanol–water partition coefficient (Wildman–Crippen LogP) is 5.28. The second-order valence-corrected chi connectivity index (χ2v) is 4.55. The lowest BCUT2D eigenvalue weighted by Gasteiger charge is -2.09. The summed E-state index contributed by atoms with van der Waals surface area (Å²) in [6.07, 6.45) is -3.00. The second kappa shape index (κ2) is 5.89. The molecule has 1 aromatic heterocycles. The fourth-order valence-corrected chi connectivity index (χ4v) is 1.91. The number of benzene rings is 1. The van der Waals surface area contributed by atoms with Crippen molar-refractivity contribution in [1.82, 2.24) is 4.98 Å². The summed E-state index contributed by atoms with van der Waals surface area (Å²) in [5.41, 5.74) is -0.111. The standard InChI is InChI=1S/C13H8Cl2F3NO/c14-6-8-5-12(19-7-11(8)15)20-10-3-1-9(2-4-10)13(16,17)18/h1-5,7H,6H2. The van der Waals surface area contributed by atoms with E-state index < -0.39 is 11.7 Å². The van der Waals surface area contributed by atoms with Gasteiger partial charge in [-0.2, -0.15) is 13.2 Å². The van der Waals surface area contributed by atoms with Gasteiger partial charge in [-0.25, -0.2) is 4.98 Å². The molecular weight excluding hydrogens is 314 g/mol. The molecule has 7 heteroatoms. The monoisotopic (exact) mass is 321 g/mol. The first-order valence-corrected chi connectivity index (χ1v) is 6.37. The highest BCUT2D eigenvalue weighted by Crippen LogP contribution is 2.31. The van der Waals surface area contributed by atoms with Crippen LogP contribution >= 0.6 is 23.2 Å². The van der Waals surface area contributed by atoms with Gasteiger partial charge in [0.05, 0.1) is 10.6 Å². The maximum Gasteiger partial charge on any atom is 0.416 e. The van der Waals surface area contributed by atoms with Gasteiger partial charge in [0.15, 0.2) is 0 Å². The van der Waals surface area contributed by atoms with Crippen molar-refractivity contribution in [3.05, 3.63) is 52.7 Å². The van der Waals surface area contributed by atoms with E-state index in [1.165, 1.54) is 24.4 Å². The normalized spacial score (nSPS) is 11.4. The molecule has 2 aromatic rings. The van der Waals surface area contributed by atoms with Gasteiger partial charge in [-0.05, 0) is 29.8 Å². The van der Waals surface area contributed by atoms with E-state index in [1.54, 1.807) is 0 Å². The summed E-state index contributed by atoms with van der Waals surface area (Å²) in [7, 11) is 0. The Hall–Kier alpha value is -1.46. The average molecular weight is 322 g/mol. The van der Waals surface area contributed by atoms with Gasteiger partial charge in [0, 0.05) is 18.1 Å². The van der Waals surface area contributed by atoms with E-state index in [1.807, 2.05) is 0 Å². The summed E-state index contributed by atoms with van der Waals surface area (Å²) in [4.78, 5) is 3.92. The van der Waals surface area contributed by atoms with Crippen LogP contribution in [0.2, 0.25) is 5.02 Å². The maximum absolute atomic E-state index is 12.4. The summed E-state index contributed by atoms with van der Waals surface area (Å²) >= 11 is 11.5. The van der Waals surface area contributed by atoms with Gasteiger partial charge in [-0.3, -0.25) is 0 Å². The van der Waals surface area contributed by atoms with E-state index in [9.17, 15) is 13.2 Å². The molecule has 1 aromatic carbocycles. The van der Waals surface area contributed by atoms with Gasteiger partial charge in [0.2, 0.25) is 5.88 Å². The van der Waals surface area contributed by atoms with E-state index in [0.717, 1.165) is 12.1 Å². The Balaban J connectivity index is 2.18. The third-order valence-electron chi connectivity index (χ3n) is 2.46. The number of ether oxygens (including phenoxy) is 1. The highest BCUT2D eigenvalue weighted by atomic mass is 35.5. The molecule has 0 saturated carbocycles. The van der Waals surface area contributed by atoms with E-state index in [-0.39, 0.29) is 17.5 Å². The number of nitrogens with zero attached hydrogens (tertiary/aromatic N) is 1. The summed E-state index contributed by atoms with van der Waals surface area (Å²) in [6, 6.07) is 5.85. The molecule has 0 fully saturated rings. The molecule has 0 atom stereocenters. The molecule has 0 aliphatic rings. The Kier molecular flexibility index (Phi) is 4.40. The van der Waals surface area contributed by atoms with Gasteiger partial charge in [-0.1, -0.05) is 11.6 Å². The SMILES string of the molecule is FC(F)(F)c1ccc(Oc2cc(CCl)c(Cl)cn2)cc1. The molecule has 106 valence electrons. The smallest absolute Gasteiger partial charge is 0.416 e. The molecule has 0 aliphatic heterocycles. The topological polar surface area (TPSA) is 22.1 Å². The molecule has 2 nitrogen and oxygen atoms in total.